The zero-order chi connectivity index (χ0) is 18.3. The van der Waals surface area contributed by atoms with E-state index >= 15 is 0 Å². The van der Waals surface area contributed by atoms with Crippen LogP contribution in [-0.2, 0) is 14.3 Å². The van der Waals surface area contributed by atoms with Crippen LogP contribution in [-0.4, -0.2) is 44.1 Å². The summed E-state index contributed by atoms with van der Waals surface area (Å²) in [6.45, 7) is 2.20. The van der Waals surface area contributed by atoms with Gasteiger partial charge in [0, 0.05) is 24.3 Å². The van der Waals surface area contributed by atoms with Crippen LogP contribution in [0.25, 0.3) is 0 Å². The van der Waals surface area contributed by atoms with Gasteiger partial charge in [0.1, 0.15) is 0 Å². The largest absolute Gasteiger partial charge is 0.545 e. The lowest BCUT2D eigenvalue weighted by molar-refractivity contribution is -0.255. The van der Waals surface area contributed by atoms with Gasteiger partial charge in [0.2, 0.25) is 11.8 Å². The molecule has 0 unspecified atom stereocenters. The van der Waals surface area contributed by atoms with Crippen LogP contribution >= 0.6 is 0 Å². The minimum atomic E-state index is -1.33. The number of amides is 2. The van der Waals surface area contributed by atoms with E-state index in [1.807, 2.05) is 17.1 Å². The quantitative estimate of drug-likeness (QED) is 0.574. The third-order valence-corrected chi connectivity index (χ3v) is 5.32. The van der Waals surface area contributed by atoms with Gasteiger partial charge in [-0.1, -0.05) is 12.2 Å². The van der Waals surface area contributed by atoms with Crippen LogP contribution in [0.1, 0.15) is 23.2 Å². The Morgan fingerprint density at radius 3 is 2.23 bits per heavy atom. The van der Waals surface area contributed by atoms with Crippen molar-refractivity contribution < 1.29 is 24.2 Å². The molecule has 2 atom stereocenters. The summed E-state index contributed by atoms with van der Waals surface area (Å²) < 4.78 is 5.30. The number of rotatable bonds is 3. The van der Waals surface area contributed by atoms with Crippen molar-refractivity contribution in [2.24, 2.45) is 11.8 Å². The van der Waals surface area contributed by atoms with Crippen molar-refractivity contribution in [1.82, 2.24) is 0 Å². The number of allylic oxidation sites excluding steroid dienone is 2. The molecule has 0 aromatic heterocycles. The van der Waals surface area contributed by atoms with Crippen LogP contribution in [0, 0.1) is 11.8 Å². The lowest BCUT2D eigenvalue weighted by atomic mass is 9.85. The number of benzene rings is 1. The van der Waals surface area contributed by atoms with Gasteiger partial charge in [-0.25, -0.2) is 0 Å². The number of nitrogens with zero attached hydrogens (tertiary/aromatic N) is 2. The van der Waals surface area contributed by atoms with Crippen LogP contribution in [0.3, 0.4) is 0 Å². The number of hydrogen-bond acceptors (Lipinski definition) is 6. The molecule has 0 bridgehead atoms. The summed E-state index contributed by atoms with van der Waals surface area (Å²) in [5.41, 5.74) is 0.804. The molecule has 136 valence electrons. The molecule has 1 aromatic carbocycles. The molecule has 26 heavy (non-hydrogen) atoms. The fourth-order valence-electron chi connectivity index (χ4n) is 3.96. The Hall–Kier alpha value is -2.67. The number of fused-ring (bicyclic) bond motifs is 1. The maximum Gasteiger partial charge on any atom is 0.238 e. The first kappa shape index (κ1) is 16.8. The Kier molecular flexibility index (Phi) is 4.24. The first-order valence-corrected chi connectivity index (χ1v) is 8.79. The lowest BCUT2D eigenvalue weighted by Crippen LogP contribution is -2.38. The molecule has 2 aliphatic heterocycles. The van der Waals surface area contributed by atoms with Gasteiger partial charge < -0.3 is 19.5 Å². The lowest BCUT2D eigenvalue weighted by Gasteiger charge is -2.31. The smallest absolute Gasteiger partial charge is 0.238 e. The monoisotopic (exact) mass is 355 g/mol. The fraction of sp³-hybridized carbons (Fsp3) is 0.421. The number of morpholine rings is 1. The zero-order valence-electron chi connectivity index (χ0n) is 14.2. The third-order valence-electron chi connectivity index (χ3n) is 5.32. The van der Waals surface area contributed by atoms with E-state index in [4.69, 9.17) is 4.74 Å². The molecule has 2 heterocycles. The van der Waals surface area contributed by atoms with Crippen molar-refractivity contribution in [2.45, 2.75) is 12.8 Å². The van der Waals surface area contributed by atoms with Crippen LogP contribution in [0.15, 0.2) is 30.4 Å². The summed E-state index contributed by atoms with van der Waals surface area (Å²) in [5, 5.41) is 11.7. The molecule has 0 saturated carbocycles. The predicted octanol–water partition coefficient (Wildman–Crippen LogP) is 0.342. The molecule has 7 heteroatoms. The van der Waals surface area contributed by atoms with E-state index in [0.717, 1.165) is 4.90 Å². The predicted molar refractivity (Wildman–Crippen MR) is 91.7 cm³/mol. The SMILES string of the molecule is O=C([O-])c1cc(N2C(=O)[C@@H]3CC=CC[C@H]3C2=O)ccc1N1CCOCC1. The van der Waals surface area contributed by atoms with Gasteiger partial charge in [-0.3, -0.25) is 14.5 Å². The van der Waals surface area contributed by atoms with E-state index in [2.05, 4.69) is 0 Å². The summed E-state index contributed by atoms with van der Waals surface area (Å²) in [4.78, 5) is 40.1. The minimum Gasteiger partial charge on any atom is -0.545 e. The number of carboxylic acids is 1. The summed E-state index contributed by atoms with van der Waals surface area (Å²) in [5.74, 6) is -2.54. The first-order chi connectivity index (χ1) is 12.6. The number of hydrogen-bond donors (Lipinski definition) is 0. The summed E-state index contributed by atoms with van der Waals surface area (Å²) in [7, 11) is 0. The molecule has 7 nitrogen and oxygen atoms in total. The second-order valence-electron chi connectivity index (χ2n) is 6.76. The molecular formula is C19H19N2O5-. The number of ether oxygens (including phenoxy) is 1. The summed E-state index contributed by atoms with van der Waals surface area (Å²) in [6.07, 6.45) is 4.93. The van der Waals surface area contributed by atoms with Crippen LogP contribution in [0.2, 0.25) is 0 Å². The number of carboxylic acid groups (broad SMARTS) is 1. The second kappa shape index (κ2) is 6.57. The van der Waals surface area contributed by atoms with E-state index in [1.165, 1.54) is 6.07 Å². The molecular weight excluding hydrogens is 336 g/mol. The average Bonchev–Trinajstić information content (AvgIpc) is 2.93. The molecule has 0 radical (unpaired) electrons. The first-order valence-electron chi connectivity index (χ1n) is 8.79. The Labute approximate surface area is 150 Å². The standard InChI is InChI=1S/C19H20N2O5/c22-17-13-3-1-2-4-14(13)18(23)21(17)12-5-6-16(15(11-12)19(24)25)20-7-9-26-10-8-20/h1-2,5-6,11,13-14H,3-4,7-10H2,(H,24,25)/p-1/t13-,14-/m1/s1. The van der Waals surface area contributed by atoms with Gasteiger partial charge in [0.05, 0.1) is 36.7 Å². The molecule has 2 fully saturated rings. The summed E-state index contributed by atoms with van der Waals surface area (Å²) >= 11 is 0. The maximum absolute atomic E-state index is 12.7. The highest BCUT2D eigenvalue weighted by molar-refractivity contribution is 6.22. The topological polar surface area (TPSA) is 90.0 Å². The highest BCUT2D eigenvalue weighted by Crippen LogP contribution is 2.38. The molecule has 4 rings (SSSR count). The van der Waals surface area contributed by atoms with Crippen LogP contribution in [0.4, 0.5) is 11.4 Å². The molecule has 0 spiro atoms. The van der Waals surface area contributed by atoms with Crippen LogP contribution < -0.4 is 14.9 Å². The van der Waals surface area contributed by atoms with Crippen molar-refractivity contribution >= 4 is 29.2 Å². The second-order valence-corrected chi connectivity index (χ2v) is 6.76. The van der Waals surface area contributed by atoms with Crippen LogP contribution in [0.5, 0.6) is 0 Å². The Balaban J connectivity index is 1.69. The van der Waals surface area contributed by atoms with Crippen molar-refractivity contribution in [2.75, 3.05) is 36.1 Å². The van der Waals surface area contributed by atoms with Crippen molar-refractivity contribution in [3.8, 4) is 0 Å². The molecule has 0 N–H and O–H groups in total. The van der Waals surface area contributed by atoms with Gasteiger partial charge >= 0.3 is 0 Å². The van der Waals surface area contributed by atoms with Gasteiger partial charge in [0.25, 0.3) is 0 Å². The molecule has 1 aromatic rings. The van der Waals surface area contributed by atoms with E-state index in [1.54, 1.807) is 12.1 Å². The van der Waals surface area contributed by atoms with E-state index < -0.39 is 5.97 Å². The maximum atomic E-state index is 12.7. The molecule has 1 aliphatic carbocycles. The molecule has 3 aliphatic rings. The van der Waals surface area contributed by atoms with Gasteiger partial charge in [-0.15, -0.1) is 0 Å². The third kappa shape index (κ3) is 2.68. The zero-order valence-corrected chi connectivity index (χ0v) is 14.2. The average molecular weight is 355 g/mol. The van der Waals surface area contributed by atoms with E-state index in [9.17, 15) is 19.5 Å². The van der Waals surface area contributed by atoms with Gasteiger partial charge in [0.15, 0.2) is 0 Å². The molecule has 2 saturated heterocycles. The minimum absolute atomic E-state index is 0.0157. The van der Waals surface area contributed by atoms with Crippen molar-refractivity contribution in [3.05, 3.63) is 35.9 Å². The normalized spacial score (nSPS) is 25.5. The molecule has 2 amide bonds. The van der Waals surface area contributed by atoms with Gasteiger partial charge in [-0.05, 0) is 31.0 Å². The fourth-order valence-corrected chi connectivity index (χ4v) is 3.96. The van der Waals surface area contributed by atoms with Crippen molar-refractivity contribution in [3.63, 3.8) is 0 Å². The Morgan fingerprint density at radius 2 is 1.65 bits per heavy atom. The number of aromatic carboxylic acids is 1. The van der Waals surface area contributed by atoms with Crippen molar-refractivity contribution in [1.29, 1.82) is 0 Å². The number of imide groups is 1. The highest BCUT2D eigenvalue weighted by Gasteiger charge is 2.47. The number of anilines is 2. The highest BCUT2D eigenvalue weighted by atomic mass is 16.5. The Morgan fingerprint density at radius 1 is 1.04 bits per heavy atom. The van der Waals surface area contributed by atoms with E-state index in [0.29, 0.717) is 50.5 Å². The number of carbonyl (C=O) groups excluding carboxylic acids is 3. The van der Waals surface area contributed by atoms with Gasteiger partial charge in [-0.2, -0.15) is 0 Å². The van der Waals surface area contributed by atoms with E-state index in [-0.39, 0.29) is 29.2 Å². The summed E-state index contributed by atoms with van der Waals surface area (Å²) in [6, 6.07) is 4.66. The Bertz CT molecular complexity index is 771. The number of carbonyl (C=O) groups is 3.